The highest BCUT2D eigenvalue weighted by Crippen LogP contribution is 2.46. The zero-order valence-electron chi connectivity index (χ0n) is 12.7. The minimum Gasteiger partial charge on any atom is -0.330 e. The van der Waals surface area contributed by atoms with Crippen LogP contribution in [0.4, 0.5) is 0 Å². The van der Waals surface area contributed by atoms with Crippen LogP contribution in [0.5, 0.6) is 0 Å². The van der Waals surface area contributed by atoms with Crippen LogP contribution < -0.4 is 5.73 Å². The second-order valence-electron chi connectivity index (χ2n) is 6.79. The van der Waals surface area contributed by atoms with Crippen molar-refractivity contribution in [1.82, 2.24) is 4.98 Å². The monoisotopic (exact) mass is 272 g/mol. The minimum absolute atomic E-state index is 0.669. The molecule has 2 heteroatoms. The summed E-state index contributed by atoms with van der Waals surface area (Å²) in [5.74, 6) is 3.07. The number of hydrogen-bond acceptors (Lipinski definition) is 2. The van der Waals surface area contributed by atoms with E-state index in [0.717, 1.165) is 24.3 Å². The average Bonchev–Trinajstić information content (AvgIpc) is 2.53. The van der Waals surface area contributed by atoms with Gasteiger partial charge in [0.1, 0.15) is 0 Å². The zero-order chi connectivity index (χ0) is 13.9. The molecule has 0 radical (unpaired) electrons. The Hall–Kier alpha value is -0.890. The summed E-state index contributed by atoms with van der Waals surface area (Å²) >= 11 is 0. The van der Waals surface area contributed by atoms with Gasteiger partial charge in [0.05, 0.1) is 0 Å². The normalized spacial score (nSPS) is 33.7. The fourth-order valence-electron chi connectivity index (χ4n) is 4.58. The van der Waals surface area contributed by atoms with Gasteiger partial charge >= 0.3 is 0 Å². The first-order valence-electron chi connectivity index (χ1n) is 8.47. The summed E-state index contributed by atoms with van der Waals surface area (Å²) < 4.78 is 0. The van der Waals surface area contributed by atoms with Crippen molar-refractivity contribution >= 4 is 0 Å². The molecule has 0 bridgehead atoms. The fraction of sp³-hybridized carbons (Fsp3) is 0.722. The third-order valence-corrected chi connectivity index (χ3v) is 5.79. The molecule has 1 saturated carbocycles. The Morgan fingerprint density at radius 3 is 3.00 bits per heavy atom. The minimum atomic E-state index is 0.669. The van der Waals surface area contributed by atoms with Gasteiger partial charge in [-0.1, -0.05) is 25.8 Å². The van der Waals surface area contributed by atoms with Crippen molar-refractivity contribution in [3.63, 3.8) is 0 Å². The third-order valence-electron chi connectivity index (χ3n) is 5.79. The number of pyridine rings is 1. The largest absolute Gasteiger partial charge is 0.330 e. The molecule has 2 N–H and O–H groups in total. The Bertz CT molecular complexity index is 443. The molecule has 0 aliphatic heterocycles. The molecule has 4 unspecified atom stereocenters. The molecule has 1 aromatic heterocycles. The van der Waals surface area contributed by atoms with Gasteiger partial charge in [0.2, 0.25) is 0 Å². The van der Waals surface area contributed by atoms with Crippen LogP contribution >= 0.6 is 0 Å². The van der Waals surface area contributed by atoms with Gasteiger partial charge in [0, 0.05) is 17.8 Å². The number of fused-ring (bicyclic) bond motifs is 1. The maximum atomic E-state index is 6.09. The zero-order valence-corrected chi connectivity index (χ0v) is 12.7. The molecule has 3 rings (SSSR count). The predicted octanol–water partition coefficient (Wildman–Crippen LogP) is 3.90. The van der Waals surface area contributed by atoms with Crippen LogP contribution in [0.25, 0.3) is 0 Å². The highest BCUT2D eigenvalue weighted by atomic mass is 14.7. The lowest BCUT2D eigenvalue weighted by Crippen LogP contribution is -2.35. The third kappa shape index (κ3) is 2.63. The van der Waals surface area contributed by atoms with E-state index in [9.17, 15) is 0 Å². The van der Waals surface area contributed by atoms with Crippen LogP contribution in [0, 0.1) is 17.8 Å². The van der Waals surface area contributed by atoms with Crippen molar-refractivity contribution in [3.05, 3.63) is 29.6 Å². The van der Waals surface area contributed by atoms with E-state index in [1.807, 2.05) is 6.20 Å². The van der Waals surface area contributed by atoms with E-state index in [0.29, 0.717) is 5.92 Å². The molecule has 2 aliphatic carbocycles. The van der Waals surface area contributed by atoms with E-state index in [-0.39, 0.29) is 0 Å². The summed E-state index contributed by atoms with van der Waals surface area (Å²) in [4.78, 5) is 4.75. The quantitative estimate of drug-likeness (QED) is 0.906. The first-order chi connectivity index (χ1) is 9.83. The molecule has 1 fully saturated rings. The second kappa shape index (κ2) is 6.26. The molecule has 4 atom stereocenters. The van der Waals surface area contributed by atoms with E-state index < -0.39 is 0 Å². The number of rotatable bonds is 3. The highest BCUT2D eigenvalue weighted by molar-refractivity contribution is 5.27. The SMILES string of the molecule is CCC1CCC(CN)C(C2CCCc3cccnc32)C1. The average molecular weight is 272 g/mol. The topological polar surface area (TPSA) is 38.9 Å². The predicted molar refractivity (Wildman–Crippen MR) is 83.6 cm³/mol. The summed E-state index contributed by atoms with van der Waals surface area (Å²) in [6, 6.07) is 4.38. The standard InChI is InChI=1S/C18H28N2/c1-2-13-8-9-15(12-19)17(11-13)16-7-3-5-14-6-4-10-20-18(14)16/h4,6,10,13,15-17H,2-3,5,7-9,11-12,19H2,1H3. The Balaban J connectivity index is 1.86. The lowest BCUT2D eigenvalue weighted by atomic mass is 9.64. The molecule has 0 spiro atoms. The van der Waals surface area contributed by atoms with E-state index in [1.54, 1.807) is 0 Å². The summed E-state index contributed by atoms with van der Waals surface area (Å²) in [7, 11) is 0. The van der Waals surface area contributed by atoms with Crippen LogP contribution in [0.3, 0.4) is 0 Å². The van der Waals surface area contributed by atoms with Crippen molar-refractivity contribution < 1.29 is 0 Å². The first-order valence-corrected chi connectivity index (χ1v) is 8.47. The van der Waals surface area contributed by atoms with Crippen LogP contribution in [0.15, 0.2) is 18.3 Å². The van der Waals surface area contributed by atoms with Crippen molar-refractivity contribution in [1.29, 1.82) is 0 Å². The maximum absolute atomic E-state index is 6.09. The molecule has 2 nitrogen and oxygen atoms in total. The lowest BCUT2D eigenvalue weighted by molar-refractivity contribution is 0.143. The Morgan fingerprint density at radius 1 is 1.30 bits per heavy atom. The van der Waals surface area contributed by atoms with E-state index in [1.165, 1.54) is 56.2 Å². The van der Waals surface area contributed by atoms with E-state index in [2.05, 4.69) is 19.1 Å². The number of nitrogens with zero attached hydrogens (tertiary/aromatic N) is 1. The van der Waals surface area contributed by atoms with Gasteiger partial charge in [-0.3, -0.25) is 4.98 Å². The van der Waals surface area contributed by atoms with Crippen molar-refractivity contribution in [3.8, 4) is 0 Å². The molecule has 1 aromatic rings. The van der Waals surface area contributed by atoms with E-state index >= 15 is 0 Å². The molecule has 0 aromatic carbocycles. The van der Waals surface area contributed by atoms with Crippen molar-refractivity contribution in [2.75, 3.05) is 6.54 Å². The molecule has 110 valence electrons. The molecular formula is C18H28N2. The van der Waals surface area contributed by atoms with Gasteiger partial charge in [-0.2, -0.15) is 0 Å². The Morgan fingerprint density at radius 2 is 2.20 bits per heavy atom. The smallest absolute Gasteiger partial charge is 0.0469 e. The van der Waals surface area contributed by atoms with Crippen LogP contribution in [0.1, 0.15) is 62.6 Å². The van der Waals surface area contributed by atoms with Crippen molar-refractivity contribution in [2.45, 2.75) is 57.8 Å². The summed E-state index contributed by atoms with van der Waals surface area (Å²) in [5.41, 5.74) is 8.99. The number of aryl methyl sites for hydroxylation is 1. The van der Waals surface area contributed by atoms with Gasteiger partial charge in [-0.25, -0.2) is 0 Å². The molecule has 20 heavy (non-hydrogen) atoms. The van der Waals surface area contributed by atoms with Gasteiger partial charge in [0.25, 0.3) is 0 Å². The fourth-order valence-corrected chi connectivity index (χ4v) is 4.58. The highest BCUT2D eigenvalue weighted by Gasteiger charge is 2.37. The summed E-state index contributed by atoms with van der Waals surface area (Å²) in [5, 5.41) is 0. The maximum Gasteiger partial charge on any atom is 0.0469 e. The number of hydrogen-bond donors (Lipinski definition) is 1. The summed E-state index contributed by atoms with van der Waals surface area (Å²) in [6.07, 6.45) is 11.3. The first kappa shape index (κ1) is 14.1. The van der Waals surface area contributed by atoms with Gasteiger partial charge in [0.15, 0.2) is 0 Å². The molecular weight excluding hydrogens is 244 g/mol. The molecule has 1 heterocycles. The van der Waals surface area contributed by atoms with E-state index in [4.69, 9.17) is 10.7 Å². The Labute approximate surface area is 123 Å². The van der Waals surface area contributed by atoms with Gasteiger partial charge in [-0.05, 0) is 68.0 Å². The second-order valence-corrected chi connectivity index (χ2v) is 6.79. The van der Waals surface area contributed by atoms with Crippen molar-refractivity contribution in [2.24, 2.45) is 23.5 Å². The van der Waals surface area contributed by atoms with Crippen LogP contribution in [-0.2, 0) is 6.42 Å². The van der Waals surface area contributed by atoms with Gasteiger partial charge < -0.3 is 5.73 Å². The Kier molecular flexibility index (Phi) is 4.40. The van der Waals surface area contributed by atoms with Crippen LogP contribution in [0.2, 0.25) is 0 Å². The molecule has 0 amide bonds. The number of aromatic nitrogens is 1. The number of nitrogens with two attached hydrogens (primary N) is 1. The molecule has 2 aliphatic rings. The molecule has 0 saturated heterocycles. The lowest BCUT2D eigenvalue weighted by Gasteiger charge is -2.41. The van der Waals surface area contributed by atoms with Gasteiger partial charge in [-0.15, -0.1) is 0 Å². The summed E-state index contributed by atoms with van der Waals surface area (Å²) in [6.45, 7) is 3.21. The van der Waals surface area contributed by atoms with Crippen LogP contribution in [-0.4, -0.2) is 11.5 Å².